The number of hydrogen-bond acceptors (Lipinski definition) is 4. The molecule has 22 heavy (non-hydrogen) atoms. The van der Waals surface area contributed by atoms with Gasteiger partial charge in [-0.3, -0.25) is 9.36 Å². The Hall–Kier alpha value is -1.32. The van der Waals surface area contributed by atoms with E-state index in [1.165, 1.54) is 0 Å². The van der Waals surface area contributed by atoms with Crippen LogP contribution in [0.3, 0.4) is 0 Å². The van der Waals surface area contributed by atoms with Crippen LogP contribution in [-0.4, -0.2) is 23.8 Å². The molecule has 0 aliphatic carbocycles. The first-order valence-corrected chi connectivity index (χ1v) is 9.17. The Morgan fingerprint density at radius 2 is 1.82 bits per heavy atom. The average molecular weight is 327 g/mol. The molecule has 0 spiro atoms. The van der Waals surface area contributed by atoms with Gasteiger partial charge in [-0.15, -0.1) is 0 Å². The van der Waals surface area contributed by atoms with Crippen LogP contribution in [-0.2, 0) is 14.1 Å². The molecule has 0 radical (unpaired) electrons. The van der Waals surface area contributed by atoms with Gasteiger partial charge in [0.1, 0.15) is 11.8 Å². The molecule has 0 aromatic heterocycles. The third kappa shape index (κ3) is 5.47. The van der Waals surface area contributed by atoms with Crippen LogP contribution in [0.1, 0.15) is 40.2 Å². The normalized spacial score (nSPS) is 15.5. The molecule has 0 heterocycles. The van der Waals surface area contributed by atoms with Crippen molar-refractivity contribution >= 4 is 13.5 Å². The Morgan fingerprint density at radius 3 is 2.32 bits per heavy atom. The molecule has 0 fully saturated rings. The number of esters is 1. The van der Waals surface area contributed by atoms with Crippen LogP contribution in [0.15, 0.2) is 24.3 Å². The van der Waals surface area contributed by atoms with Gasteiger partial charge in [-0.05, 0) is 45.4 Å². The van der Waals surface area contributed by atoms with E-state index in [0.29, 0.717) is 5.75 Å². The maximum Gasteiger partial charge on any atom is 0.323 e. The number of ether oxygens (including phenoxy) is 1. The SMILES string of the molecule is Cc1cccc(OP(=O)(N[C@@H](C)C(=O)OC(C)C)C(C)C)c1. The van der Waals surface area contributed by atoms with Crippen molar-refractivity contribution in [2.24, 2.45) is 0 Å². The van der Waals surface area contributed by atoms with Crippen molar-refractivity contribution in [3.8, 4) is 5.75 Å². The quantitative estimate of drug-likeness (QED) is 0.608. The fourth-order valence-electron chi connectivity index (χ4n) is 1.77. The van der Waals surface area contributed by atoms with Gasteiger partial charge < -0.3 is 9.26 Å². The first kappa shape index (κ1) is 18.7. The fraction of sp³-hybridized carbons (Fsp3) is 0.562. The van der Waals surface area contributed by atoms with Crippen LogP contribution in [0.25, 0.3) is 0 Å². The van der Waals surface area contributed by atoms with E-state index in [1.807, 2.05) is 25.1 Å². The van der Waals surface area contributed by atoms with Crippen molar-refractivity contribution < 1.29 is 18.6 Å². The van der Waals surface area contributed by atoms with E-state index in [0.717, 1.165) is 5.56 Å². The maximum absolute atomic E-state index is 13.1. The molecule has 0 aliphatic heterocycles. The molecule has 124 valence electrons. The number of carbonyl (C=O) groups is 1. The second-order valence-corrected chi connectivity index (χ2v) is 8.60. The van der Waals surface area contributed by atoms with Gasteiger partial charge >= 0.3 is 13.5 Å². The summed E-state index contributed by atoms with van der Waals surface area (Å²) in [6.45, 7) is 10.7. The van der Waals surface area contributed by atoms with E-state index in [2.05, 4.69) is 5.09 Å². The molecule has 0 bridgehead atoms. The molecule has 1 aromatic carbocycles. The molecule has 1 unspecified atom stereocenters. The summed E-state index contributed by atoms with van der Waals surface area (Å²) >= 11 is 0. The van der Waals surface area contributed by atoms with Crippen molar-refractivity contribution in [3.05, 3.63) is 29.8 Å². The summed E-state index contributed by atoms with van der Waals surface area (Å²) in [6.07, 6.45) is -0.215. The van der Waals surface area contributed by atoms with Gasteiger partial charge in [-0.2, -0.15) is 0 Å². The Kier molecular flexibility index (Phi) is 6.64. The second kappa shape index (κ2) is 7.80. The van der Waals surface area contributed by atoms with Gasteiger partial charge in [0.05, 0.1) is 11.8 Å². The minimum absolute atomic E-state index is 0.215. The monoisotopic (exact) mass is 327 g/mol. The molecule has 0 aliphatic rings. The zero-order valence-corrected chi connectivity index (χ0v) is 15.0. The van der Waals surface area contributed by atoms with Crippen LogP contribution < -0.4 is 9.61 Å². The Balaban J connectivity index is 2.87. The van der Waals surface area contributed by atoms with Crippen LogP contribution in [0.2, 0.25) is 0 Å². The summed E-state index contributed by atoms with van der Waals surface area (Å²) in [7, 11) is -3.24. The van der Waals surface area contributed by atoms with Crippen molar-refractivity contribution in [3.63, 3.8) is 0 Å². The van der Waals surface area contributed by atoms with Gasteiger partial charge in [0, 0.05) is 0 Å². The molecule has 0 amide bonds. The van der Waals surface area contributed by atoms with E-state index in [1.54, 1.807) is 40.7 Å². The molecule has 0 saturated carbocycles. The first-order valence-electron chi connectivity index (χ1n) is 7.48. The number of aryl methyl sites for hydroxylation is 1. The van der Waals surface area contributed by atoms with E-state index in [9.17, 15) is 9.36 Å². The zero-order chi connectivity index (χ0) is 16.9. The standard InChI is InChI=1S/C16H26NO4P/c1-11(2)20-16(18)14(6)17-22(19,12(3)4)21-15-9-7-8-13(5)10-15/h7-12,14H,1-6H3,(H,17,19)/t14-,22?/m0/s1. The van der Waals surface area contributed by atoms with Crippen LogP contribution in [0.5, 0.6) is 5.75 Å². The highest BCUT2D eigenvalue weighted by atomic mass is 31.2. The predicted molar refractivity (Wildman–Crippen MR) is 88.4 cm³/mol. The smallest absolute Gasteiger partial charge is 0.323 e. The molecule has 6 heteroatoms. The summed E-state index contributed by atoms with van der Waals surface area (Å²) < 4.78 is 23.9. The summed E-state index contributed by atoms with van der Waals surface area (Å²) in [6, 6.07) is 6.63. The van der Waals surface area contributed by atoms with Crippen molar-refractivity contribution in [1.82, 2.24) is 5.09 Å². The van der Waals surface area contributed by atoms with Crippen LogP contribution in [0, 0.1) is 6.92 Å². The van der Waals surface area contributed by atoms with E-state index >= 15 is 0 Å². The Labute approximate surface area is 132 Å². The number of benzene rings is 1. The lowest BCUT2D eigenvalue weighted by Crippen LogP contribution is -2.37. The maximum atomic E-state index is 13.1. The third-order valence-corrected chi connectivity index (χ3v) is 5.58. The van der Waals surface area contributed by atoms with Gasteiger partial charge in [0.15, 0.2) is 0 Å². The highest BCUT2D eigenvalue weighted by Gasteiger charge is 2.33. The average Bonchev–Trinajstić information content (AvgIpc) is 2.37. The van der Waals surface area contributed by atoms with Gasteiger partial charge in [-0.1, -0.05) is 26.0 Å². The lowest BCUT2D eigenvalue weighted by Gasteiger charge is -2.26. The van der Waals surface area contributed by atoms with Crippen molar-refractivity contribution in [2.75, 3.05) is 0 Å². The Morgan fingerprint density at radius 1 is 1.18 bits per heavy atom. The molecule has 2 atom stereocenters. The Bertz CT molecular complexity index is 557. The first-order chi connectivity index (χ1) is 10.1. The lowest BCUT2D eigenvalue weighted by molar-refractivity contribution is -0.149. The highest BCUT2D eigenvalue weighted by molar-refractivity contribution is 7.58. The molecule has 1 rings (SSSR count). The molecule has 1 aromatic rings. The largest absolute Gasteiger partial charge is 0.462 e. The van der Waals surface area contributed by atoms with Gasteiger partial charge in [-0.25, -0.2) is 5.09 Å². The fourth-order valence-corrected chi connectivity index (χ4v) is 3.40. The summed E-state index contributed by atoms with van der Waals surface area (Å²) in [5.74, 6) is 0.0812. The zero-order valence-electron chi connectivity index (χ0n) is 14.1. The molecular formula is C16H26NO4P. The van der Waals surface area contributed by atoms with Gasteiger partial charge in [0.2, 0.25) is 0 Å². The van der Waals surface area contributed by atoms with E-state index in [-0.39, 0.29) is 11.8 Å². The topological polar surface area (TPSA) is 64.6 Å². The molecule has 0 saturated heterocycles. The summed E-state index contributed by atoms with van der Waals surface area (Å²) in [5, 5.41) is 2.82. The highest BCUT2D eigenvalue weighted by Crippen LogP contribution is 2.48. The number of carbonyl (C=O) groups excluding carboxylic acids is 1. The molecule has 5 nitrogen and oxygen atoms in total. The molecular weight excluding hydrogens is 301 g/mol. The number of nitrogens with one attached hydrogen (secondary N) is 1. The second-order valence-electron chi connectivity index (χ2n) is 5.93. The van der Waals surface area contributed by atoms with E-state index < -0.39 is 19.5 Å². The van der Waals surface area contributed by atoms with Crippen molar-refractivity contribution in [1.29, 1.82) is 0 Å². The van der Waals surface area contributed by atoms with Gasteiger partial charge in [0.25, 0.3) is 0 Å². The van der Waals surface area contributed by atoms with Crippen LogP contribution >= 0.6 is 7.52 Å². The van der Waals surface area contributed by atoms with Crippen LogP contribution in [0.4, 0.5) is 0 Å². The molecule has 1 N–H and O–H groups in total. The lowest BCUT2D eigenvalue weighted by atomic mass is 10.2. The van der Waals surface area contributed by atoms with Crippen molar-refractivity contribution in [2.45, 2.75) is 59.3 Å². The summed E-state index contributed by atoms with van der Waals surface area (Å²) in [4.78, 5) is 11.9. The minimum Gasteiger partial charge on any atom is -0.462 e. The summed E-state index contributed by atoms with van der Waals surface area (Å²) in [5.41, 5.74) is 0.738. The van der Waals surface area contributed by atoms with E-state index in [4.69, 9.17) is 9.26 Å². The number of hydrogen-bond donors (Lipinski definition) is 1. The number of rotatable bonds is 7. The predicted octanol–water partition coefficient (Wildman–Crippen LogP) is 3.91. The minimum atomic E-state index is -3.24. The third-order valence-electron chi connectivity index (χ3n) is 2.99.